The van der Waals surface area contributed by atoms with Crippen molar-refractivity contribution in [2.45, 2.75) is 19.8 Å². The molecule has 0 fully saturated rings. The van der Waals surface area contributed by atoms with E-state index < -0.39 is 11.7 Å². The summed E-state index contributed by atoms with van der Waals surface area (Å²) in [5.41, 5.74) is 1.22. The lowest BCUT2D eigenvalue weighted by atomic mass is 10.2. The van der Waals surface area contributed by atoms with Gasteiger partial charge in [-0.15, -0.1) is 0 Å². The van der Waals surface area contributed by atoms with Crippen LogP contribution >= 0.6 is 12.2 Å². The monoisotopic (exact) mass is 359 g/mol. The number of hydrogen-bond acceptors (Lipinski definition) is 3. The molecule has 2 aromatic carbocycles. The molecule has 0 bridgehead atoms. The Balaban J connectivity index is 1.91. The molecule has 2 aromatic rings. The van der Waals surface area contributed by atoms with Crippen LogP contribution in [0.1, 0.15) is 30.1 Å². The molecule has 7 heteroatoms. The molecule has 3 N–H and O–H groups in total. The highest BCUT2D eigenvalue weighted by Crippen LogP contribution is 2.14. The second kappa shape index (κ2) is 8.89. The molecule has 0 saturated carbocycles. The van der Waals surface area contributed by atoms with E-state index in [1.807, 2.05) is 6.92 Å². The molecule has 130 valence electrons. The van der Waals surface area contributed by atoms with Crippen molar-refractivity contribution in [3.05, 3.63) is 59.9 Å². The van der Waals surface area contributed by atoms with Crippen molar-refractivity contribution in [2.75, 3.05) is 10.6 Å². The standard InChI is InChI=1S/C18H18FN3O2S/c1-2-5-16(23)20-12-8-10-13(11-9-12)21-18(25)22-17(24)14-6-3-4-7-15(14)19/h3-4,6-11H,2,5H2,1H3,(H,20,23)(H2,21,22,24,25). The minimum Gasteiger partial charge on any atom is -0.332 e. The first-order valence-corrected chi connectivity index (χ1v) is 8.17. The maximum absolute atomic E-state index is 13.6. The van der Waals surface area contributed by atoms with E-state index in [-0.39, 0.29) is 16.6 Å². The summed E-state index contributed by atoms with van der Waals surface area (Å²) in [5.74, 6) is -1.29. The molecule has 0 heterocycles. The number of rotatable bonds is 5. The van der Waals surface area contributed by atoms with Gasteiger partial charge in [-0.1, -0.05) is 19.1 Å². The van der Waals surface area contributed by atoms with Crippen molar-refractivity contribution in [1.29, 1.82) is 0 Å². The van der Waals surface area contributed by atoms with E-state index in [9.17, 15) is 14.0 Å². The molecular formula is C18H18FN3O2S. The number of amides is 2. The lowest BCUT2D eigenvalue weighted by Crippen LogP contribution is -2.34. The van der Waals surface area contributed by atoms with Crippen LogP contribution in [0, 0.1) is 5.82 Å². The van der Waals surface area contributed by atoms with E-state index in [0.29, 0.717) is 17.8 Å². The van der Waals surface area contributed by atoms with Crippen LogP contribution in [0.5, 0.6) is 0 Å². The summed E-state index contributed by atoms with van der Waals surface area (Å²) in [6, 6.07) is 12.5. The molecule has 0 aliphatic rings. The molecular weight excluding hydrogens is 341 g/mol. The minimum atomic E-state index is -0.626. The van der Waals surface area contributed by atoms with Gasteiger partial charge in [0.2, 0.25) is 5.91 Å². The van der Waals surface area contributed by atoms with Crippen molar-refractivity contribution in [3.8, 4) is 0 Å². The predicted molar refractivity (Wildman–Crippen MR) is 100 cm³/mol. The predicted octanol–water partition coefficient (Wildman–Crippen LogP) is 3.69. The van der Waals surface area contributed by atoms with Gasteiger partial charge in [0.25, 0.3) is 5.91 Å². The van der Waals surface area contributed by atoms with Gasteiger partial charge >= 0.3 is 0 Å². The third-order valence-corrected chi connectivity index (χ3v) is 3.45. The fourth-order valence-electron chi connectivity index (χ4n) is 2.07. The van der Waals surface area contributed by atoms with Crippen molar-refractivity contribution < 1.29 is 14.0 Å². The summed E-state index contributed by atoms with van der Waals surface area (Å²) in [4.78, 5) is 23.5. The molecule has 0 atom stereocenters. The first-order valence-electron chi connectivity index (χ1n) is 7.76. The van der Waals surface area contributed by atoms with Gasteiger partial charge in [0.05, 0.1) is 5.56 Å². The second-order valence-electron chi connectivity index (χ2n) is 5.26. The smallest absolute Gasteiger partial charge is 0.260 e. The summed E-state index contributed by atoms with van der Waals surface area (Å²) >= 11 is 5.06. The first-order chi connectivity index (χ1) is 12.0. The second-order valence-corrected chi connectivity index (χ2v) is 5.67. The Morgan fingerprint density at radius 3 is 2.20 bits per heavy atom. The van der Waals surface area contributed by atoms with E-state index in [1.54, 1.807) is 30.3 Å². The zero-order valence-corrected chi connectivity index (χ0v) is 14.5. The highest BCUT2D eigenvalue weighted by Gasteiger charge is 2.12. The van der Waals surface area contributed by atoms with Crippen LogP contribution in [0.4, 0.5) is 15.8 Å². The number of nitrogens with one attached hydrogen (secondary N) is 3. The molecule has 2 rings (SSSR count). The van der Waals surface area contributed by atoms with Gasteiger partial charge in [0, 0.05) is 17.8 Å². The molecule has 0 spiro atoms. The van der Waals surface area contributed by atoms with Crippen LogP contribution in [0.25, 0.3) is 0 Å². The Bertz CT molecular complexity index is 778. The van der Waals surface area contributed by atoms with Crippen LogP contribution in [0.2, 0.25) is 0 Å². The average molecular weight is 359 g/mol. The third kappa shape index (κ3) is 5.65. The number of hydrogen-bond donors (Lipinski definition) is 3. The maximum Gasteiger partial charge on any atom is 0.260 e. The van der Waals surface area contributed by atoms with E-state index >= 15 is 0 Å². The Kier molecular flexibility index (Phi) is 6.59. The van der Waals surface area contributed by atoms with E-state index in [0.717, 1.165) is 6.42 Å². The quantitative estimate of drug-likeness (QED) is 0.712. The summed E-state index contributed by atoms with van der Waals surface area (Å²) in [6.45, 7) is 1.93. The third-order valence-electron chi connectivity index (χ3n) is 3.25. The van der Waals surface area contributed by atoms with E-state index in [1.165, 1.54) is 18.2 Å². The number of thiocarbonyl (C=S) groups is 1. The van der Waals surface area contributed by atoms with Crippen molar-refractivity contribution >= 4 is 40.5 Å². The zero-order chi connectivity index (χ0) is 18.2. The normalized spacial score (nSPS) is 10.0. The number of anilines is 2. The summed E-state index contributed by atoms with van der Waals surface area (Å²) in [6.07, 6.45) is 1.24. The molecule has 2 amide bonds. The number of halogens is 1. The molecule has 0 unspecified atom stereocenters. The van der Waals surface area contributed by atoms with E-state index in [2.05, 4.69) is 16.0 Å². The van der Waals surface area contributed by atoms with Crippen LogP contribution in [0.15, 0.2) is 48.5 Å². The fourth-order valence-corrected chi connectivity index (χ4v) is 2.28. The van der Waals surface area contributed by atoms with Crippen LogP contribution in [-0.4, -0.2) is 16.9 Å². The largest absolute Gasteiger partial charge is 0.332 e. The lowest BCUT2D eigenvalue weighted by Gasteiger charge is -2.11. The Hall–Kier alpha value is -2.80. The molecule has 0 aromatic heterocycles. The molecule has 25 heavy (non-hydrogen) atoms. The maximum atomic E-state index is 13.6. The van der Waals surface area contributed by atoms with Gasteiger partial charge < -0.3 is 10.6 Å². The Morgan fingerprint density at radius 1 is 1.00 bits per heavy atom. The average Bonchev–Trinajstić information content (AvgIpc) is 2.57. The van der Waals surface area contributed by atoms with Crippen molar-refractivity contribution in [2.24, 2.45) is 0 Å². The fraction of sp³-hybridized carbons (Fsp3) is 0.167. The van der Waals surface area contributed by atoms with Crippen LogP contribution in [0.3, 0.4) is 0 Å². The first kappa shape index (κ1) is 18.5. The molecule has 0 aliphatic carbocycles. The zero-order valence-electron chi connectivity index (χ0n) is 13.6. The highest BCUT2D eigenvalue weighted by atomic mass is 32.1. The Morgan fingerprint density at radius 2 is 1.60 bits per heavy atom. The van der Waals surface area contributed by atoms with Gasteiger partial charge in [0.1, 0.15) is 5.82 Å². The van der Waals surface area contributed by atoms with Crippen molar-refractivity contribution in [1.82, 2.24) is 5.32 Å². The van der Waals surface area contributed by atoms with E-state index in [4.69, 9.17) is 12.2 Å². The van der Waals surface area contributed by atoms with Crippen LogP contribution in [-0.2, 0) is 4.79 Å². The van der Waals surface area contributed by atoms with Gasteiger partial charge in [0.15, 0.2) is 5.11 Å². The molecule has 5 nitrogen and oxygen atoms in total. The topological polar surface area (TPSA) is 70.2 Å². The SMILES string of the molecule is CCCC(=O)Nc1ccc(NC(=S)NC(=O)c2ccccc2F)cc1. The lowest BCUT2D eigenvalue weighted by molar-refractivity contribution is -0.116. The van der Waals surface area contributed by atoms with Gasteiger partial charge in [-0.2, -0.15) is 0 Å². The number of benzene rings is 2. The molecule has 0 aliphatic heterocycles. The Labute approximate surface area is 150 Å². The molecule has 0 radical (unpaired) electrons. The summed E-state index contributed by atoms with van der Waals surface area (Å²) < 4.78 is 13.6. The molecule has 0 saturated heterocycles. The summed E-state index contributed by atoms with van der Waals surface area (Å²) in [5, 5.41) is 8.08. The van der Waals surface area contributed by atoms with Crippen LogP contribution < -0.4 is 16.0 Å². The minimum absolute atomic E-state index is 0.0455. The van der Waals surface area contributed by atoms with Gasteiger partial charge in [-0.05, 0) is 55.0 Å². The van der Waals surface area contributed by atoms with Crippen molar-refractivity contribution in [3.63, 3.8) is 0 Å². The number of carbonyl (C=O) groups excluding carboxylic acids is 2. The summed E-state index contributed by atoms with van der Waals surface area (Å²) in [7, 11) is 0. The van der Waals surface area contributed by atoms with Gasteiger partial charge in [-0.3, -0.25) is 14.9 Å². The van der Waals surface area contributed by atoms with Gasteiger partial charge in [-0.25, -0.2) is 4.39 Å². The number of carbonyl (C=O) groups is 2. The highest BCUT2D eigenvalue weighted by molar-refractivity contribution is 7.80.